The molecule has 22 heavy (non-hydrogen) atoms. The van der Waals surface area contributed by atoms with Gasteiger partial charge in [-0.15, -0.1) is 0 Å². The zero-order valence-corrected chi connectivity index (χ0v) is 13.4. The van der Waals surface area contributed by atoms with Crippen molar-refractivity contribution in [2.45, 2.75) is 39.3 Å². The van der Waals surface area contributed by atoms with Crippen molar-refractivity contribution in [1.29, 1.82) is 0 Å². The van der Waals surface area contributed by atoms with Gasteiger partial charge >= 0.3 is 6.09 Å². The lowest BCUT2D eigenvalue weighted by Gasteiger charge is -2.41. The molecule has 0 atom stereocenters. The van der Waals surface area contributed by atoms with Crippen LogP contribution in [-0.2, 0) is 4.74 Å². The second-order valence-electron chi connectivity index (χ2n) is 6.81. The highest BCUT2D eigenvalue weighted by atomic mass is 16.6. The number of aryl methyl sites for hydroxylation is 1. The molecule has 1 amide bonds. The molecule has 0 unspecified atom stereocenters. The maximum atomic E-state index is 11.7. The third-order valence-electron chi connectivity index (χ3n) is 3.69. The van der Waals surface area contributed by atoms with E-state index in [-0.39, 0.29) is 12.1 Å². The van der Waals surface area contributed by atoms with E-state index < -0.39 is 5.60 Å². The van der Waals surface area contributed by atoms with Gasteiger partial charge < -0.3 is 19.9 Å². The van der Waals surface area contributed by atoms with E-state index in [2.05, 4.69) is 33.2 Å². The van der Waals surface area contributed by atoms with Gasteiger partial charge in [-0.1, -0.05) is 0 Å². The Morgan fingerprint density at radius 1 is 1.45 bits per heavy atom. The highest BCUT2D eigenvalue weighted by Crippen LogP contribution is 2.25. The van der Waals surface area contributed by atoms with E-state index in [1.807, 2.05) is 33.2 Å². The van der Waals surface area contributed by atoms with Crippen molar-refractivity contribution in [1.82, 2.24) is 15.3 Å². The van der Waals surface area contributed by atoms with E-state index in [1.165, 1.54) is 5.56 Å². The summed E-state index contributed by atoms with van der Waals surface area (Å²) < 4.78 is 5.26. The number of rotatable bonds is 2. The molecule has 1 aliphatic heterocycles. The summed E-state index contributed by atoms with van der Waals surface area (Å²) in [4.78, 5) is 21.5. The van der Waals surface area contributed by atoms with Crippen LogP contribution >= 0.6 is 0 Å². The molecule has 0 aliphatic carbocycles. The quantitative estimate of drug-likeness (QED) is 0.894. The van der Waals surface area contributed by atoms with Crippen LogP contribution < -0.4 is 10.2 Å². The molecule has 1 fully saturated rings. The number of carbonyl (C=O) groups is 1. The third-order valence-corrected chi connectivity index (χ3v) is 3.69. The standard InChI is InChI=1S/C16H22N4O2/c1-10-6-17-14-13(10)5-12(7-18-14)20-8-11(9-20)19-15(21)22-16(2,3)4/h5-7,11H,8-9H2,1-4H3,(H,17,18)(H,19,21). The number of nitrogens with one attached hydrogen (secondary N) is 2. The molecular formula is C16H22N4O2. The Kier molecular flexibility index (Phi) is 3.47. The zero-order valence-electron chi connectivity index (χ0n) is 13.4. The minimum atomic E-state index is -0.464. The van der Waals surface area contributed by atoms with E-state index in [9.17, 15) is 4.79 Å². The van der Waals surface area contributed by atoms with Crippen LogP contribution in [0.4, 0.5) is 10.5 Å². The molecule has 0 aromatic carbocycles. The smallest absolute Gasteiger partial charge is 0.407 e. The van der Waals surface area contributed by atoms with Gasteiger partial charge in [0, 0.05) is 24.7 Å². The van der Waals surface area contributed by atoms with Gasteiger partial charge in [0.25, 0.3) is 0 Å². The average molecular weight is 302 g/mol. The number of aromatic amines is 1. The Morgan fingerprint density at radius 2 is 2.18 bits per heavy atom. The van der Waals surface area contributed by atoms with Crippen LogP contribution in [0.2, 0.25) is 0 Å². The number of anilines is 1. The van der Waals surface area contributed by atoms with Gasteiger partial charge in [0.2, 0.25) is 0 Å². The first-order valence-electron chi connectivity index (χ1n) is 7.50. The highest BCUT2D eigenvalue weighted by Gasteiger charge is 2.30. The molecule has 0 saturated carbocycles. The van der Waals surface area contributed by atoms with Gasteiger partial charge in [-0.3, -0.25) is 0 Å². The number of pyridine rings is 1. The summed E-state index contributed by atoms with van der Waals surface area (Å²) in [6.07, 6.45) is 3.47. The number of H-pyrrole nitrogens is 1. The van der Waals surface area contributed by atoms with Gasteiger partial charge in [-0.2, -0.15) is 0 Å². The van der Waals surface area contributed by atoms with E-state index >= 15 is 0 Å². The molecule has 6 nitrogen and oxygen atoms in total. The molecule has 0 bridgehead atoms. The number of alkyl carbamates (subject to hydrolysis) is 1. The predicted molar refractivity (Wildman–Crippen MR) is 86.2 cm³/mol. The van der Waals surface area contributed by atoms with Crippen LogP contribution in [0.5, 0.6) is 0 Å². The summed E-state index contributed by atoms with van der Waals surface area (Å²) >= 11 is 0. The summed E-state index contributed by atoms with van der Waals surface area (Å²) in [6.45, 7) is 9.19. The summed E-state index contributed by atoms with van der Waals surface area (Å²) in [5.41, 5.74) is 2.71. The van der Waals surface area contributed by atoms with Gasteiger partial charge in [0.1, 0.15) is 11.2 Å². The molecule has 2 aromatic heterocycles. The molecule has 6 heteroatoms. The van der Waals surface area contributed by atoms with Crippen molar-refractivity contribution < 1.29 is 9.53 Å². The maximum absolute atomic E-state index is 11.7. The molecule has 1 aliphatic rings. The first-order valence-corrected chi connectivity index (χ1v) is 7.50. The topological polar surface area (TPSA) is 70.2 Å². The molecule has 3 heterocycles. The number of amides is 1. The molecule has 0 spiro atoms. The second-order valence-corrected chi connectivity index (χ2v) is 6.81. The fourth-order valence-electron chi connectivity index (χ4n) is 2.55. The molecular weight excluding hydrogens is 280 g/mol. The zero-order chi connectivity index (χ0) is 15.9. The lowest BCUT2D eigenvalue weighted by molar-refractivity contribution is 0.0496. The van der Waals surface area contributed by atoms with Gasteiger partial charge in [-0.25, -0.2) is 9.78 Å². The highest BCUT2D eigenvalue weighted by molar-refractivity contribution is 5.83. The summed E-state index contributed by atoms with van der Waals surface area (Å²) in [7, 11) is 0. The van der Waals surface area contributed by atoms with Crippen molar-refractivity contribution in [2.24, 2.45) is 0 Å². The number of nitrogens with zero attached hydrogens (tertiary/aromatic N) is 2. The van der Waals surface area contributed by atoms with Crippen molar-refractivity contribution in [2.75, 3.05) is 18.0 Å². The third kappa shape index (κ3) is 3.00. The predicted octanol–water partition coefficient (Wildman–Crippen LogP) is 2.58. The van der Waals surface area contributed by atoms with Gasteiger partial charge in [0.05, 0.1) is 17.9 Å². The first kappa shape index (κ1) is 14.7. The minimum absolute atomic E-state index is 0.123. The van der Waals surface area contributed by atoms with Gasteiger partial charge in [-0.05, 0) is 39.3 Å². The van der Waals surface area contributed by atoms with Crippen LogP contribution in [0.3, 0.4) is 0 Å². The summed E-state index contributed by atoms with van der Waals surface area (Å²) in [6, 6.07) is 2.26. The maximum Gasteiger partial charge on any atom is 0.407 e. The van der Waals surface area contributed by atoms with Crippen LogP contribution in [0.1, 0.15) is 26.3 Å². The Balaban J connectivity index is 1.58. The van der Waals surface area contributed by atoms with Crippen LogP contribution in [0, 0.1) is 6.92 Å². The number of aromatic nitrogens is 2. The van der Waals surface area contributed by atoms with E-state index in [0.29, 0.717) is 0 Å². The van der Waals surface area contributed by atoms with Crippen molar-refractivity contribution in [3.63, 3.8) is 0 Å². The monoisotopic (exact) mass is 302 g/mol. The number of carbonyl (C=O) groups excluding carboxylic acids is 1. The van der Waals surface area contributed by atoms with Crippen molar-refractivity contribution in [3.05, 3.63) is 24.0 Å². The minimum Gasteiger partial charge on any atom is -0.444 e. The Hall–Kier alpha value is -2.24. The first-order chi connectivity index (χ1) is 10.3. The average Bonchev–Trinajstić information content (AvgIpc) is 2.73. The number of hydrogen-bond acceptors (Lipinski definition) is 4. The number of ether oxygens (including phenoxy) is 1. The van der Waals surface area contributed by atoms with Crippen molar-refractivity contribution in [3.8, 4) is 0 Å². The van der Waals surface area contributed by atoms with Crippen molar-refractivity contribution >= 4 is 22.8 Å². The van der Waals surface area contributed by atoms with E-state index in [0.717, 1.165) is 29.8 Å². The molecule has 3 rings (SSSR count). The van der Waals surface area contributed by atoms with Gasteiger partial charge in [0.15, 0.2) is 0 Å². The fourth-order valence-corrected chi connectivity index (χ4v) is 2.55. The van der Waals surface area contributed by atoms with Crippen LogP contribution in [0.25, 0.3) is 11.0 Å². The number of hydrogen-bond donors (Lipinski definition) is 2. The summed E-state index contributed by atoms with van der Waals surface area (Å²) in [5, 5.41) is 4.03. The second kappa shape index (κ2) is 5.19. The SMILES string of the molecule is Cc1c[nH]c2ncc(N3CC(NC(=O)OC(C)(C)C)C3)cc12. The Labute approximate surface area is 129 Å². The lowest BCUT2D eigenvalue weighted by atomic mass is 10.1. The normalized spacial score (nSPS) is 15.7. The summed E-state index contributed by atoms with van der Waals surface area (Å²) in [5.74, 6) is 0. The Morgan fingerprint density at radius 3 is 2.86 bits per heavy atom. The molecule has 0 radical (unpaired) electrons. The van der Waals surface area contributed by atoms with Crippen LogP contribution in [-0.4, -0.2) is 40.8 Å². The largest absolute Gasteiger partial charge is 0.444 e. The molecule has 2 aromatic rings. The Bertz CT molecular complexity index is 696. The fraction of sp³-hybridized carbons (Fsp3) is 0.500. The van der Waals surface area contributed by atoms with E-state index in [1.54, 1.807) is 0 Å². The molecule has 118 valence electrons. The van der Waals surface area contributed by atoms with E-state index in [4.69, 9.17) is 4.74 Å². The molecule has 2 N–H and O–H groups in total. The number of fused-ring (bicyclic) bond motifs is 1. The molecule has 1 saturated heterocycles. The van der Waals surface area contributed by atoms with Crippen LogP contribution in [0.15, 0.2) is 18.5 Å². The lowest BCUT2D eigenvalue weighted by Crippen LogP contribution is -2.60.